The third-order valence-corrected chi connectivity index (χ3v) is 15.5. The van der Waals surface area contributed by atoms with E-state index >= 15 is 0 Å². The number of aromatic amines is 1. The second kappa shape index (κ2) is 12.4. The average molecular weight is 751 g/mol. The third-order valence-electron chi connectivity index (χ3n) is 15.5. The van der Waals surface area contributed by atoms with E-state index in [1.807, 2.05) is 7.05 Å². The Balaban J connectivity index is 1.30. The lowest BCUT2D eigenvalue weighted by Crippen LogP contribution is -2.81. The maximum absolute atomic E-state index is 14.3. The molecule has 3 fully saturated rings. The van der Waals surface area contributed by atoms with Crippen molar-refractivity contribution >= 4 is 28.5 Å². The normalized spacial score (nSPS) is 39.0. The molecule has 10 nitrogen and oxygen atoms in total. The highest BCUT2D eigenvalue weighted by Crippen LogP contribution is 2.68. The monoisotopic (exact) mass is 750 g/mol. The number of benzene rings is 2. The van der Waals surface area contributed by atoms with Gasteiger partial charge in [0.15, 0.2) is 6.10 Å². The van der Waals surface area contributed by atoms with Gasteiger partial charge < -0.3 is 29.6 Å². The first-order valence-electron chi connectivity index (χ1n) is 20.5. The fraction of sp³-hybridized carbons (Fsp3) is 0.600. The molecule has 55 heavy (non-hydrogen) atoms. The topological polar surface area (TPSA) is 119 Å². The SMILES string of the molecule is CC[C@]1(O)C[C@@H]2CN(CCc3c([nH]c4ccccc34)[C@@](C)(c3cc4c(cc3C)N(C)C3[C@]45CCN4CC=C[C@](CC)(C45)[C@@H](OC(C)=O)[C@]3(O)C(=O)OC)C2)C1. The summed E-state index contributed by atoms with van der Waals surface area (Å²) in [6, 6.07) is 12.5. The molecule has 0 amide bonds. The minimum absolute atomic E-state index is 0.142. The van der Waals surface area contributed by atoms with Gasteiger partial charge in [-0.25, -0.2) is 4.79 Å². The van der Waals surface area contributed by atoms with Crippen LogP contribution in [0, 0.1) is 18.3 Å². The van der Waals surface area contributed by atoms with Crippen molar-refractivity contribution in [1.82, 2.24) is 14.8 Å². The zero-order valence-corrected chi connectivity index (χ0v) is 33.6. The van der Waals surface area contributed by atoms with Gasteiger partial charge in [0.25, 0.3) is 0 Å². The third kappa shape index (κ3) is 4.80. The van der Waals surface area contributed by atoms with E-state index < -0.39 is 51.5 Å². The van der Waals surface area contributed by atoms with E-state index in [0.29, 0.717) is 13.0 Å². The van der Waals surface area contributed by atoms with Gasteiger partial charge >= 0.3 is 11.9 Å². The van der Waals surface area contributed by atoms with E-state index in [4.69, 9.17) is 9.47 Å². The number of carbonyl (C=O) groups excluding carboxylic acids is 2. The van der Waals surface area contributed by atoms with Crippen LogP contribution in [0.25, 0.3) is 10.9 Å². The van der Waals surface area contributed by atoms with Crippen LogP contribution in [0.5, 0.6) is 0 Å². The van der Waals surface area contributed by atoms with Crippen molar-refractivity contribution in [2.24, 2.45) is 11.3 Å². The fourth-order valence-electron chi connectivity index (χ4n) is 13.5. The van der Waals surface area contributed by atoms with E-state index in [0.717, 1.165) is 80.6 Å². The number of aromatic nitrogens is 1. The average Bonchev–Trinajstić information content (AvgIpc) is 3.82. The van der Waals surface area contributed by atoms with Gasteiger partial charge in [-0.1, -0.05) is 50.3 Å². The van der Waals surface area contributed by atoms with Crippen molar-refractivity contribution in [1.29, 1.82) is 0 Å². The van der Waals surface area contributed by atoms with Crippen LogP contribution < -0.4 is 4.90 Å². The number of para-hydroxylation sites is 1. The van der Waals surface area contributed by atoms with Crippen LogP contribution in [0.2, 0.25) is 0 Å². The molecule has 1 aliphatic carbocycles. The Morgan fingerprint density at radius 1 is 1.04 bits per heavy atom. The summed E-state index contributed by atoms with van der Waals surface area (Å²) in [5, 5.41) is 26.4. The quantitative estimate of drug-likeness (QED) is 0.241. The van der Waals surface area contributed by atoms with Crippen LogP contribution >= 0.6 is 0 Å². The molecule has 2 saturated heterocycles. The number of hydrogen-bond donors (Lipinski definition) is 3. The van der Waals surface area contributed by atoms with Crippen molar-refractivity contribution in [2.75, 3.05) is 51.8 Å². The smallest absolute Gasteiger partial charge is 0.344 e. The molecule has 10 atom stereocenters. The maximum atomic E-state index is 14.3. The van der Waals surface area contributed by atoms with Crippen LogP contribution in [0.3, 0.4) is 0 Å². The Labute approximate surface area is 324 Å². The van der Waals surface area contributed by atoms with E-state index in [-0.39, 0.29) is 12.0 Å². The van der Waals surface area contributed by atoms with Gasteiger partial charge in [0.05, 0.1) is 18.8 Å². The van der Waals surface area contributed by atoms with Crippen LogP contribution in [0.4, 0.5) is 5.69 Å². The van der Waals surface area contributed by atoms with E-state index in [1.54, 1.807) is 0 Å². The van der Waals surface area contributed by atoms with Crippen LogP contribution in [-0.2, 0) is 36.3 Å². The molecule has 3 unspecified atom stereocenters. The molecule has 9 rings (SSSR count). The molecule has 2 aromatic carbocycles. The molecule has 294 valence electrons. The molecule has 6 heterocycles. The van der Waals surface area contributed by atoms with Gasteiger partial charge in [0.1, 0.15) is 0 Å². The molecule has 0 radical (unpaired) electrons. The highest BCUT2D eigenvalue weighted by Gasteiger charge is 2.80. The van der Waals surface area contributed by atoms with Crippen LogP contribution in [0.1, 0.15) is 87.7 Å². The Bertz CT molecular complexity index is 2110. The fourth-order valence-corrected chi connectivity index (χ4v) is 13.5. The number of hydrogen-bond acceptors (Lipinski definition) is 9. The van der Waals surface area contributed by atoms with E-state index in [2.05, 4.69) is 95.9 Å². The van der Waals surface area contributed by atoms with Gasteiger partial charge in [0.2, 0.25) is 5.60 Å². The summed E-state index contributed by atoms with van der Waals surface area (Å²) >= 11 is 0. The molecule has 1 aromatic heterocycles. The number of likely N-dealkylation sites (N-methyl/N-ethyl adjacent to an activating group) is 1. The molecular formula is C45H58N4O6. The zero-order valence-electron chi connectivity index (χ0n) is 33.6. The Morgan fingerprint density at radius 3 is 2.55 bits per heavy atom. The number of aryl methyl sites for hydroxylation is 1. The first-order chi connectivity index (χ1) is 26.2. The summed E-state index contributed by atoms with van der Waals surface area (Å²) in [4.78, 5) is 38.3. The summed E-state index contributed by atoms with van der Waals surface area (Å²) in [7, 11) is 3.29. The maximum Gasteiger partial charge on any atom is 0.344 e. The summed E-state index contributed by atoms with van der Waals surface area (Å²) in [5.74, 6) is -1.05. The second-order valence-corrected chi connectivity index (χ2v) is 18.3. The number of aliphatic hydroxyl groups is 2. The first-order valence-corrected chi connectivity index (χ1v) is 20.5. The van der Waals surface area contributed by atoms with E-state index in [9.17, 15) is 19.8 Å². The Hall–Kier alpha value is -3.70. The predicted molar refractivity (Wildman–Crippen MR) is 212 cm³/mol. The van der Waals surface area contributed by atoms with Crippen molar-refractivity contribution < 1.29 is 29.3 Å². The number of H-pyrrole nitrogens is 1. The van der Waals surface area contributed by atoms with Gasteiger partial charge in [-0.3, -0.25) is 14.6 Å². The first kappa shape index (κ1) is 36.9. The number of carbonyl (C=O) groups is 2. The number of methoxy groups -OCH3 is 1. The lowest BCUT2D eigenvalue weighted by molar-refractivity contribution is -0.228. The van der Waals surface area contributed by atoms with Crippen molar-refractivity contribution in [3.05, 3.63) is 76.5 Å². The predicted octanol–water partition coefficient (Wildman–Crippen LogP) is 5.14. The molecule has 10 heteroatoms. The standard InChI is InChI=1S/C45H58N4O6/c1-8-42(52)24-29-23-41(5,36-31(15-19-48(25-29)26-42)30-13-10-11-14-34(30)46-36)32-22-33-35(21-27(32)3)47(6)38-44(33)17-20-49-18-12-16-43(9-2,37(44)49)39(55-28(4)50)45(38,53)40(51)54-7/h10-14,16,21-22,29,37-39,46,52-53H,8-9,15,17-20,23-26H2,1-7H3/t29-,37?,38?,39-,41-,42+,43-,44-,45+/m1/s1. The zero-order chi connectivity index (χ0) is 38.9. The molecular weight excluding hydrogens is 693 g/mol. The highest BCUT2D eigenvalue weighted by molar-refractivity contribution is 5.88. The lowest BCUT2D eigenvalue weighted by Gasteiger charge is -2.63. The molecule has 3 N–H and O–H groups in total. The van der Waals surface area contributed by atoms with Crippen LogP contribution in [0.15, 0.2) is 48.6 Å². The summed E-state index contributed by atoms with van der Waals surface area (Å²) in [5.41, 5.74) is 3.36. The van der Waals surface area contributed by atoms with Gasteiger partial charge in [-0.15, -0.1) is 0 Å². The van der Waals surface area contributed by atoms with Crippen molar-refractivity contribution in [3.63, 3.8) is 0 Å². The van der Waals surface area contributed by atoms with Crippen LogP contribution in [-0.4, -0.2) is 113 Å². The highest BCUT2D eigenvalue weighted by atomic mass is 16.6. The molecule has 2 bridgehead atoms. The number of nitrogens with one attached hydrogen (secondary N) is 1. The summed E-state index contributed by atoms with van der Waals surface area (Å²) in [6.07, 6.45) is 7.61. The number of piperidine rings is 1. The largest absolute Gasteiger partial charge is 0.467 e. The van der Waals surface area contributed by atoms with Crippen molar-refractivity contribution in [2.45, 2.75) is 113 Å². The minimum atomic E-state index is -2.16. The van der Waals surface area contributed by atoms with Gasteiger partial charge in [-0.2, -0.15) is 0 Å². The minimum Gasteiger partial charge on any atom is -0.467 e. The van der Waals surface area contributed by atoms with Gasteiger partial charge in [-0.05, 0) is 99.2 Å². The second-order valence-electron chi connectivity index (χ2n) is 18.3. The van der Waals surface area contributed by atoms with Crippen molar-refractivity contribution in [3.8, 4) is 0 Å². The number of esters is 2. The molecule has 3 aromatic rings. The van der Waals surface area contributed by atoms with Gasteiger partial charge in [0, 0.05) is 84.7 Å². The number of anilines is 1. The number of fused-ring (bicyclic) bond motifs is 6. The molecule has 1 spiro atoms. The Morgan fingerprint density at radius 2 is 1.82 bits per heavy atom. The summed E-state index contributed by atoms with van der Waals surface area (Å²) < 4.78 is 11.7. The molecule has 6 aliphatic rings. The Kier molecular flexibility index (Phi) is 8.32. The number of rotatable bonds is 5. The molecule has 5 aliphatic heterocycles. The van der Waals surface area contributed by atoms with E-state index in [1.165, 1.54) is 36.2 Å². The number of ether oxygens (including phenoxy) is 2. The number of nitrogens with zero attached hydrogens (tertiary/aromatic N) is 3. The lowest BCUT2D eigenvalue weighted by atomic mass is 9.47. The molecule has 1 saturated carbocycles. The summed E-state index contributed by atoms with van der Waals surface area (Å²) in [6.45, 7) is 14.2.